The lowest BCUT2D eigenvalue weighted by Gasteiger charge is -2.23. The van der Waals surface area contributed by atoms with Crippen LogP contribution in [0.25, 0.3) is 0 Å². The van der Waals surface area contributed by atoms with Gasteiger partial charge in [-0.3, -0.25) is 9.59 Å². The highest BCUT2D eigenvalue weighted by Gasteiger charge is 2.39. The number of amides is 2. The normalized spacial score (nSPS) is 19.2. The van der Waals surface area contributed by atoms with Crippen molar-refractivity contribution in [2.75, 3.05) is 12.4 Å². The van der Waals surface area contributed by atoms with E-state index in [1.54, 1.807) is 31.4 Å². The third kappa shape index (κ3) is 5.18. The minimum absolute atomic E-state index is 0.0287. The second kappa shape index (κ2) is 10.4. The van der Waals surface area contributed by atoms with E-state index < -0.39 is 5.25 Å². The average Bonchev–Trinajstić information content (AvgIpc) is 3.49. The van der Waals surface area contributed by atoms with Gasteiger partial charge < -0.3 is 10.1 Å². The number of hydrogen-bond donors (Lipinski definition) is 1. The van der Waals surface area contributed by atoms with Crippen LogP contribution in [0.15, 0.2) is 89.0 Å². The van der Waals surface area contributed by atoms with E-state index in [4.69, 9.17) is 9.84 Å². The molecule has 3 aromatic carbocycles. The summed E-state index contributed by atoms with van der Waals surface area (Å²) >= 11 is 1.30. The molecule has 2 atom stereocenters. The van der Waals surface area contributed by atoms with Gasteiger partial charge in [-0.2, -0.15) is 10.1 Å². The summed E-state index contributed by atoms with van der Waals surface area (Å²) in [5.74, 6) is 0.148. The molecule has 0 unspecified atom stereocenters. The van der Waals surface area contributed by atoms with Crippen molar-refractivity contribution in [1.29, 1.82) is 0 Å². The molecule has 0 aliphatic carbocycles. The lowest BCUT2D eigenvalue weighted by molar-refractivity contribution is -0.121. The molecule has 0 radical (unpaired) electrons. The van der Waals surface area contributed by atoms with E-state index in [9.17, 15) is 9.59 Å². The van der Waals surface area contributed by atoms with Gasteiger partial charge in [0.2, 0.25) is 5.91 Å². The number of hydrogen-bond acceptors (Lipinski definition) is 6. The second-order valence-corrected chi connectivity index (χ2v) is 9.88. The molecule has 1 N–H and O–H groups in total. The van der Waals surface area contributed by atoms with Crippen LogP contribution in [0.1, 0.15) is 35.6 Å². The summed E-state index contributed by atoms with van der Waals surface area (Å²) in [6.45, 7) is 2.06. The lowest BCUT2D eigenvalue weighted by Crippen LogP contribution is -2.25. The molecule has 2 aliphatic rings. The Morgan fingerprint density at radius 2 is 1.78 bits per heavy atom. The Kier molecular flexibility index (Phi) is 6.86. The van der Waals surface area contributed by atoms with Crippen LogP contribution in [-0.4, -0.2) is 40.1 Å². The minimum atomic E-state index is -0.590. The molecule has 0 saturated heterocycles. The zero-order chi connectivity index (χ0) is 25.1. The molecule has 0 bridgehead atoms. The van der Waals surface area contributed by atoms with E-state index >= 15 is 0 Å². The first-order valence-electron chi connectivity index (χ1n) is 11.7. The number of hydrazone groups is 1. The zero-order valence-electron chi connectivity index (χ0n) is 20.0. The van der Waals surface area contributed by atoms with Crippen molar-refractivity contribution in [2.45, 2.75) is 31.1 Å². The van der Waals surface area contributed by atoms with Crippen molar-refractivity contribution in [3.63, 3.8) is 0 Å². The predicted molar refractivity (Wildman–Crippen MR) is 143 cm³/mol. The summed E-state index contributed by atoms with van der Waals surface area (Å²) in [4.78, 5) is 29.7. The third-order valence-electron chi connectivity index (χ3n) is 6.15. The Labute approximate surface area is 214 Å². The number of anilines is 1. The number of nitrogens with zero attached hydrogens (tertiary/aromatic N) is 3. The summed E-state index contributed by atoms with van der Waals surface area (Å²) in [5.41, 5.74) is 4.92. The number of amidine groups is 1. The summed E-state index contributed by atoms with van der Waals surface area (Å²) < 4.78 is 5.15. The molecular formula is C28H26N4O3S. The number of rotatable bonds is 6. The molecule has 7 nitrogen and oxygen atoms in total. The van der Waals surface area contributed by atoms with Gasteiger partial charge in [0.25, 0.3) is 5.91 Å². The Morgan fingerprint density at radius 3 is 2.47 bits per heavy atom. The number of ether oxygens (including phenoxy) is 1. The summed E-state index contributed by atoms with van der Waals surface area (Å²) in [6, 6.07) is 25.4. The van der Waals surface area contributed by atoms with E-state index in [0.29, 0.717) is 23.0 Å². The minimum Gasteiger partial charge on any atom is -0.497 e. The third-order valence-corrected chi connectivity index (χ3v) is 7.29. The first-order valence-corrected chi connectivity index (χ1v) is 12.6. The standard InChI is InChI=1S/C28H26N4O3S/c1-18-8-10-19(11-9-18)23-16-24(20-6-4-3-5-7-20)32(31-23)28-30-27(34)25(36-28)17-26(33)29-21-12-14-22(35-2)15-13-21/h3-15,24-25H,16-17H2,1-2H3,(H,29,33)/t24-,25+/m0/s1. The van der Waals surface area contributed by atoms with Crippen LogP contribution >= 0.6 is 11.8 Å². The molecule has 2 aliphatic heterocycles. The first kappa shape index (κ1) is 23.8. The maximum absolute atomic E-state index is 12.8. The second-order valence-electron chi connectivity index (χ2n) is 8.71. The number of benzene rings is 3. The van der Waals surface area contributed by atoms with Crippen molar-refractivity contribution >= 4 is 40.1 Å². The Hall–Kier alpha value is -3.91. The van der Waals surface area contributed by atoms with E-state index in [1.165, 1.54) is 17.3 Å². The predicted octanol–water partition coefficient (Wildman–Crippen LogP) is 5.18. The molecule has 8 heteroatoms. The number of thioether (sulfide) groups is 1. The van der Waals surface area contributed by atoms with E-state index in [2.05, 4.69) is 53.6 Å². The number of carbonyl (C=O) groups is 2. The van der Waals surface area contributed by atoms with Crippen molar-refractivity contribution in [1.82, 2.24) is 5.01 Å². The van der Waals surface area contributed by atoms with Gasteiger partial charge in [-0.15, -0.1) is 0 Å². The highest BCUT2D eigenvalue weighted by molar-refractivity contribution is 8.15. The molecule has 2 amide bonds. The molecule has 0 aromatic heterocycles. The molecular weight excluding hydrogens is 472 g/mol. The van der Waals surface area contributed by atoms with Gasteiger partial charge in [0.1, 0.15) is 11.0 Å². The SMILES string of the molecule is COc1ccc(NC(=O)C[C@H]2SC(N3N=C(c4ccc(C)cc4)C[C@H]3c3ccccc3)=NC2=O)cc1. The molecule has 182 valence electrons. The van der Waals surface area contributed by atoms with Gasteiger partial charge in [0.15, 0.2) is 5.17 Å². The van der Waals surface area contributed by atoms with Crippen LogP contribution in [0.5, 0.6) is 5.75 Å². The fourth-order valence-corrected chi connectivity index (χ4v) is 5.26. The van der Waals surface area contributed by atoms with Crippen molar-refractivity contribution in [2.24, 2.45) is 10.1 Å². The first-order chi connectivity index (χ1) is 17.5. The van der Waals surface area contributed by atoms with E-state index in [1.807, 2.05) is 23.2 Å². The van der Waals surface area contributed by atoms with Gasteiger partial charge in [0, 0.05) is 18.5 Å². The Bertz CT molecular complexity index is 1320. The van der Waals surface area contributed by atoms with E-state index in [-0.39, 0.29) is 24.3 Å². The number of nitrogens with one attached hydrogen (secondary N) is 1. The average molecular weight is 499 g/mol. The fraction of sp³-hybridized carbons (Fsp3) is 0.214. The number of methoxy groups -OCH3 is 1. The van der Waals surface area contributed by atoms with Gasteiger partial charge in [-0.25, -0.2) is 5.01 Å². The highest BCUT2D eigenvalue weighted by atomic mass is 32.2. The molecule has 0 saturated carbocycles. The van der Waals surface area contributed by atoms with Crippen molar-refractivity contribution in [3.05, 3.63) is 95.6 Å². The topological polar surface area (TPSA) is 83.4 Å². The monoisotopic (exact) mass is 498 g/mol. The number of aliphatic imine (C=N–C) groups is 1. The van der Waals surface area contributed by atoms with Crippen LogP contribution in [0.3, 0.4) is 0 Å². The van der Waals surface area contributed by atoms with Gasteiger partial charge in [0.05, 0.1) is 18.9 Å². The van der Waals surface area contributed by atoms with Crippen molar-refractivity contribution < 1.29 is 14.3 Å². The fourth-order valence-electron chi connectivity index (χ4n) is 4.20. The molecule has 5 rings (SSSR count). The summed E-state index contributed by atoms with van der Waals surface area (Å²) in [6.07, 6.45) is 0.727. The van der Waals surface area contributed by atoms with Crippen LogP contribution < -0.4 is 10.1 Å². The van der Waals surface area contributed by atoms with Crippen molar-refractivity contribution in [3.8, 4) is 5.75 Å². The van der Waals surface area contributed by atoms with E-state index in [0.717, 1.165) is 16.8 Å². The molecule has 0 fully saturated rings. The zero-order valence-corrected chi connectivity index (χ0v) is 20.9. The molecule has 36 heavy (non-hydrogen) atoms. The Balaban J connectivity index is 1.32. The largest absolute Gasteiger partial charge is 0.497 e. The maximum Gasteiger partial charge on any atom is 0.262 e. The molecule has 0 spiro atoms. The van der Waals surface area contributed by atoms with Crippen LogP contribution in [0.4, 0.5) is 5.69 Å². The number of aryl methyl sites for hydroxylation is 1. The molecule has 2 heterocycles. The van der Waals surface area contributed by atoms with Crippen LogP contribution in [0.2, 0.25) is 0 Å². The quantitative estimate of drug-likeness (QED) is 0.506. The smallest absolute Gasteiger partial charge is 0.262 e. The van der Waals surface area contributed by atoms with Crippen LogP contribution in [-0.2, 0) is 9.59 Å². The number of carbonyl (C=O) groups excluding carboxylic acids is 2. The van der Waals surface area contributed by atoms with Gasteiger partial charge >= 0.3 is 0 Å². The lowest BCUT2D eigenvalue weighted by atomic mass is 9.98. The molecule has 3 aromatic rings. The van der Waals surface area contributed by atoms with Gasteiger partial charge in [-0.05, 0) is 42.3 Å². The Morgan fingerprint density at radius 1 is 1.06 bits per heavy atom. The summed E-state index contributed by atoms with van der Waals surface area (Å²) in [5, 5.41) is 9.51. The van der Waals surface area contributed by atoms with Crippen LogP contribution in [0, 0.1) is 6.92 Å². The maximum atomic E-state index is 12.8. The highest BCUT2D eigenvalue weighted by Crippen LogP contribution is 2.38. The van der Waals surface area contributed by atoms with Gasteiger partial charge in [-0.1, -0.05) is 71.9 Å². The summed E-state index contributed by atoms with van der Waals surface area (Å²) in [7, 11) is 1.59.